The molecule has 0 aromatic heterocycles. The molecule has 0 unspecified atom stereocenters. The van der Waals surface area contributed by atoms with Crippen LogP contribution in [0.2, 0.25) is 0 Å². The molecule has 0 N–H and O–H groups in total. The first-order chi connectivity index (χ1) is 4.35. The Morgan fingerprint density at radius 1 is 1.67 bits per heavy atom. The largest absolute Gasteiger partial charge is 0.494 e. The van der Waals surface area contributed by atoms with Gasteiger partial charge < -0.3 is 4.74 Å². The third kappa shape index (κ3) is 3.83. The predicted molar refractivity (Wildman–Crippen MR) is 40.2 cm³/mol. The minimum Gasteiger partial charge on any atom is -0.494 e. The lowest BCUT2D eigenvalue weighted by Gasteiger charge is -2.03. The van der Waals surface area contributed by atoms with E-state index in [-0.39, 0.29) is 0 Å². The molecule has 0 saturated carbocycles. The lowest BCUT2D eigenvalue weighted by Crippen LogP contribution is -1.89. The van der Waals surface area contributed by atoms with E-state index in [4.69, 9.17) is 4.74 Å². The van der Waals surface area contributed by atoms with Crippen LogP contribution in [-0.2, 0) is 4.74 Å². The molecule has 0 heterocycles. The van der Waals surface area contributed by atoms with E-state index in [1.165, 1.54) is 0 Å². The van der Waals surface area contributed by atoms with Gasteiger partial charge in [-0.2, -0.15) is 0 Å². The molecule has 9 heavy (non-hydrogen) atoms. The van der Waals surface area contributed by atoms with E-state index in [1.807, 2.05) is 13.0 Å². The molecule has 0 saturated heterocycles. The molecule has 0 aliphatic carbocycles. The number of allylic oxidation sites excluding steroid dienone is 2. The van der Waals surface area contributed by atoms with E-state index in [0.717, 1.165) is 12.2 Å². The lowest BCUT2D eigenvalue weighted by atomic mass is 10.4. The summed E-state index contributed by atoms with van der Waals surface area (Å²) < 4.78 is 5.23. The smallest absolute Gasteiger partial charge is 0.106 e. The van der Waals surface area contributed by atoms with Gasteiger partial charge in [-0.15, -0.1) is 0 Å². The molecule has 0 aliphatic heterocycles. The topological polar surface area (TPSA) is 9.23 Å². The standard InChI is InChI=1S/C8H14O/c1-4-7-9-8(5-2)6-3/h4-5H,1,6-7H2,2-3H3/b8-5-. The van der Waals surface area contributed by atoms with Crippen LogP contribution in [0.4, 0.5) is 0 Å². The van der Waals surface area contributed by atoms with Crippen LogP contribution in [0.1, 0.15) is 20.3 Å². The molecule has 0 amide bonds. The first kappa shape index (κ1) is 8.28. The van der Waals surface area contributed by atoms with E-state index in [9.17, 15) is 0 Å². The Labute approximate surface area is 57.0 Å². The Morgan fingerprint density at radius 2 is 2.33 bits per heavy atom. The highest BCUT2D eigenvalue weighted by atomic mass is 16.5. The summed E-state index contributed by atoms with van der Waals surface area (Å²) in [5.41, 5.74) is 0. The molecule has 1 heteroatoms. The van der Waals surface area contributed by atoms with Crippen molar-refractivity contribution in [1.29, 1.82) is 0 Å². The maximum atomic E-state index is 5.23. The van der Waals surface area contributed by atoms with Gasteiger partial charge in [0.2, 0.25) is 0 Å². The van der Waals surface area contributed by atoms with Crippen LogP contribution in [0.25, 0.3) is 0 Å². The molecule has 0 atom stereocenters. The molecule has 0 bridgehead atoms. The van der Waals surface area contributed by atoms with Gasteiger partial charge in [-0.1, -0.05) is 19.6 Å². The fraction of sp³-hybridized carbons (Fsp3) is 0.500. The van der Waals surface area contributed by atoms with Gasteiger partial charge in [0.05, 0.1) is 5.76 Å². The second kappa shape index (κ2) is 5.42. The predicted octanol–water partition coefficient (Wildman–Crippen LogP) is 2.50. The molecule has 0 aromatic carbocycles. The van der Waals surface area contributed by atoms with Crippen LogP contribution in [0.5, 0.6) is 0 Å². The molecule has 1 nitrogen and oxygen atoms in total. The van der Waals surface area contributed by atoms with Crippen molar-refractivity contribution in [2.45, 2.75) is 20.3 Å². The summed E-state index contributed by atoms with van der Waals surface area (Å²) in [5, 5.41) is 0. The molecule has 52 valence electrons. The zero-order valence-electron chi connectivity index (χ0n) is 6.18. The van der Waals surface area contributed by atoms with Crippen LogP contribution < -0.4 is 0 Å². The van der Waals surface area contributed by atoms with Gasteiger partial charge in [0.1, 0.15) is 6.61 Å². The van der Waals surface area contributed by atoms with Crippen molar-refractivity contribution >= 4 is 0 Å². The first-order valence-electron chi connectivity index (χ1n) is 3.24. The summed E-state index contributed by atoms with van der Waals surface area (Å²) in [5.74, 6) is 1.04. The van der Waals surface area contributed by atoms with Gasteiger partial charge in [-0.25, -0.2) is 0 Å². The maximum Gasteiger partial charge on any atom is 0.106 e. The highest BCUT2D eigenvalue weighted by Gasteiger charge is 1.87. The third-order valence-corrected chi connectivity index (χ3v) is 1.06. The summed E-state index contributed by atoms with van der Waals surface area (Å²) >= 11 is 0. The minimum atomic E-state index is 0.619. The van der Waals surface area contributed by atoms with Gasteiger partial charge in [0.15, 0.2) is 0 Å². The third-order valence-electron chi connectivity index (χ3n) is 1.06. The molecule has 0 fully saturated rings. The Morgan fingerprint density at radius 3 is 2.67 bits per heavy atom. The van der Waals surface area contributed by atoms with E-state index in [0.29, 0.717) is 6.61 Å². The van der Waals surface area contributed by atoms with Gasteiger partial charge in [0, 0.05) is 6.42 Å². The molecule has 0 aromatic rings. The monoisotopic (exact) mass is 126 g/mol. The second-order valence-corrected chi connectivity index (χ2v) is 1.71. The summed E-state index contributed by atoms with van der Waals surface area (Å²) in [4.78, 5) is 0. The summed E-state index contributed by atoms with van der Waals surface area (Å²) in [6.45, 7) is 8.21. The van der Waals surface area contributed by atoms with Crippen molar-refractivity contribution in [2.75, 3.05) is 6.61 Å². The minimum absolute atomic E-state index is 0.619. The van der Waals surface area contributed by atoms with Crippen molar-refractivity contribution in [3.05, 3.63) is 24.5 Å². The van der Waals surface area contributed by atoms with Crippen LogP contribution >= 0.6 is 0 Å². The lowest BCUT2D eigenvalue weighted by molar-refractivity contribution is 0.238. The highest BCUT2D eigenvalue weighted by molar-refractivity contribution is 4.89. The van der Waals surface area contributed by atoms with Crippen LogP contribution in [-0.4, -0.2) is 6.61 Å². The Hall–Kier alpha value is -0.720. The highest BCUT2D eigenvalue weighted by Crippen LogP contribution is 2.00. The number of rotatable bonds is 4. The quantitative estimate of drug-likeness (QED) is 0.415. The van der Waals surface area contributed by atoms with Crippen molar-refractivity contribution in [3.8, 4) is 0 Å². The van der Waals surface area contributed by atoms with Crippen molar-refractivity contribution < 1.29 is 4.74 Å². The summed E-state index contributed by atoms with van der Waals surface area (Å²) in [6, 6.07) is 0. The average molecular weight is 126 g/mol. The Bertz CT molecular complexity index is 103. The number of hydrogen-bond donors (Lipinski definition) is 0. The second-order valence-electron chi connectivity index (χ2n) is 1.71. The first-order valence-corrected chi connectivity index (χ1v) is 3.24. The fourth-order valence-corrected chi connectivity index (χ4v) is 0.555. The van der Waals surface area contributed by atoms with Crippen LogP contribution in [0, 0.1) is 0 Å². The van der Waals surface area contributed by atoms with Crippen molar-refractivity contribution in [1.82, 2.24) is 0 Å². The Balaban J connectivity index is 3.44. The molecule has 0 radical (unpaired) electrons. The molecule has 0 rings (SSSR count). The van der Waals surface area contributed by atoms with Crippen molar-refractivity contribution in [2.24, 2.45) is 0 Å². The van der Waals surface area contributed by atoms with E-state index < -0.39 is 0 Å². The van der Waals surface area contributed by atoms with Crippen molar-refractivity contribution in [3.63, 3.8) is 0 Å². The molecule has 0 spiro atoms. The zero-order valence-corrected chi connectivity index (χ0v) is 6.18. The maximum absolute atomic E-state index is 5.23. The van der Waals surface area contributed by atoms with Crippen LogP contribution in [0.15, 0.2) is 24.5 Å². The van der Waals surface area contributed by atoms with Crippen LogP contribution in [0.3, 0.4) is 0 Å². The molecular formula is C8H14O. The number of hydrogen-bond acceptors (Lipinski definition) is 1. The van der Waals surface area contributed by atoms with E-state index in [1.54, 1.807) is 6.08 Å². The van der Waals surface area contributed by atoms with Gasteiger partial charge in [-0.3, -0.25) is 0 Å². The number of ether oxygens (including phenoxy) is 1. The van der Waals surface area contributed by atoms with E-state index >= 15 is 0 Å². The van der Waals surface area contributed by atoms with Gasteiger partial charge in [0.25, 0.3) is 0 Å². The summed E-state index contributed by atoms with van der Waals surface area (Å²) in [6.07, 6.45) is 4.69. The SMILES string of the molecule is C=CCO/C(=C\C)CC. The normalized spacial score (nSPS) is 11.1. The van der Waals surface area contributed by atoms with E-state index in [2.05, 4.69) is 13.5 Å². The summed E-state index contributed by atoms with van der Waals surface area (Å²) in [7, 11) is 0. The molecule has 0 aliphatic rings. The Kier molecular flexibility index (Phi) is 4.98. The molecular weight excluding hydrogens is 112 g/mol. The average Bonchev–Trinajstić information content (AvgIpc) is 1.91. The van der Waals surface area contributed by atoms with Gasteiger partial charge >= 0.3 is 0 Å². The zero-order chi connectivity index (χ0) is 7.11. The van der Waals surface area contributed by atoms with Gasteiger partial charge in [-0.05, 0) is 13.0 Å². The fourth-order valence-electron chi connectivity index (χ4n) is 0.555.